The zero-order chi connectivity index (χ0) is 24.3. The number of carbonyl (C=O) groups excluding carboxylic acids is 1. The Bertz CT molecular complexity index is 1070. The largest absolute Gasteiger partial charge is 0.470 e. The monoisotopic (exact) mass is 521 g/mol. The summed E-state index contributed by atoms with van der Waals surface area (Å²) < 4.78 is 71.1. The number of ether oxygens (including phenoxy) is 3. The van der Waals surface area contributed by atoms with E-state index < -0.39 is 30.2 Å². The van der Waals surface area contributed by atoms with E-state index in [1.165, 1.54) is 24.5 Å². The first kappa shape index (κ1) is 25.6. The highest BCUT2D eigenvalue weighted by atomic mass is 32.2. The van der Waals surface area contributed by atoms with Crippen LogP contribution in [-0.4, -0.2) is 46.6 Å². The van der Waals surface area contributed by atoms with Crippen molar-refractivity contribution in [2.45, 2.75) is 38.1 Å². The summed E-state index contributed by atoms with van der Waals surface area (Å²) in [6, 6.07) is 5.83. The Morgan fingerprint density at radius 1 is 1.36 bits per heavy atom. The number of nitrogens with zero attached hydrogens (tertiary/aromatic N) is 1. The number of benzene rings is 1. The van der Waals surface area contributed by atoms with Crippen molar-refractivity contribution in [3.05, 3.63) is 41.3 Å². The van der Waals surface area contributed by atoms with Gasteiger partial charge < -0.3 is 14.2 Å². The third-order valence-electron chi connectivity index (χ3n) is 4.85. The molecule has 0 saturated carbocycles. The predicted octanol–water partition coefficient (Wildman–Crippen LogP) is 4.85. The lowest BCUT2D eigenvalue weighted by Gasteiger charge is -2.33. The van der Waals surface area contributed by atoms with Crippen LogP contribution >= 0.6 is 33.2 Å². The van der Waals surface area contributed by atoms with Crippen molar-refractivity contribution in [2.75, 3.05) is 12.9 Å². The molecule has 5 nitrogen and oxygen atoms in total. The molecular weight excluding hydrogens is 501 g/mol. The van der Waals surface area contributed by atoms with Crippen molar-refractivity contribution in [1.29, 1.82) is 0 Å². The van der Waals surface area contributed by atoms with Crippen LogP contribution in [-0.2, 0) is 15.9 Å². The maximum Gasteiger partial charge on any atom is 0.429 e. The Morgan fingerprint density at radius 2 is 2.09 bits per heavy atom. The molecule has 3 rings (SSSR count). The Balaban J connectivity index is 2.08. The van der Waals surface area contributed by atoms with Crippen LogP contribution in [0.5, 0.6) is 5.88 Å². The summed E-state index contributed by atoms with van der Waals surface area (Å²) in [6.45, 7) is 1.66. The molecule has 2 aromatic rings. The van der Waals surface area contributed by atoms with Gasteiger partial charge in [-0.05, 0) is 61.2 Å². The molecule has 178 valence electrons. The third-order valence-corrected chi connectivity index (χ3v) is 6.23. The van der Waals surface area contributed by atoms with Gasteiger partial charge in [-0.3, -0.25) is 0 Å². The van der Waals surface area contributed by atoms with Crippen LogP contribution in [0.2, 0.25) is 0 Å². The fourth-order valence-electron chi connectivity index (χ4n) is 3.39. The predicted molar refractivity (Wildman–Crippen MR) is 125 cm³/mol. The molecular formula is C21H20F4NO4PS2. The molecule has 2 heterocycles. The zero-order valence-electron chi connectivity index (χ0n) is 17.6. The number of alkyl halides is 3. The van der Waals surface area contributed by atoms with E-state index in [2.05, 4.69) is 14.2 Å². The van der Waals surface area contributed by atoms with Gasteiger partial charge in [0, 0.05) is 11.1 Å². The minimum atomic E-state index is -4.76. The SMILES string of the molecule is CCOC(=O)c1cc(-c2ccc(P)cc2F)c2c(n1)OC(C(OC(=S)SC)C(F)(F)F)CC2. The molecule has 1 aromatic heterocycles. The molecule has 0 spiro atoms. The second kappa shape index (κ2) is 10.5. The summed E-state index contributed by atoms with van der Waals surface area (Å²) in [4.78, 5) is 16.4. The number of pyridine rings is 1. The van der Waals surface area contributed by atoms with Gasteiger partial charge >= 0.3 is 12.1 Å². The quantitative estimate of drug-likeness (QED) is 0.241. The van der Waals surface area contributed by atoms with Crippen molar-refractivity contribution in [3.63, 3.8) is 0 Å². The maximum absolute atomic E-state index is 14.8. The number of carbonyl (C=O) groups is 1. The summed E-state index contributed by atoms with van der Waals surface area (Å²) >= 11 is 5.67. The minimum absolute atomic E-state index is 0.0582. The average Bonchev–Trinajstić information content (AvgIpc) is 2.75. The molecule has 1 aliphatic heterocycles. The first-order chi connectivity index (χ1) is 15.5. The number of esters is 1. The van der Waals surface area contributed by atoms with E-state index in [-0.39, 0.29) is 41.0 Å². The van der Waals surface area contributed by atoms with E-state index in [4.69, 9.17) is 26.4 Å². The number of thioether (sulfide) groups is 1. The van der Waals surface area contributed by atoms with E-state index >= 15 is 0 Å². The maximum atomic E-state index is 14.8. The fraction of sp³-hybridized carbons (Fsp3) is 0.381. The van der Waals surface area contributed by atoms with E-state index in [1.807, 2.05) is 0 Å². The van der Waals surface area contributed by atoms with Crippen LogP contribution < -0.4 is 10.0 Å². The molecule has 12 heteroatoms. The van der Waals surface area contributed by atoms with Crippen LogP contribution in [0.3, 0.4) is 0 Å². The minimum Gasteiger partial charge on any atom is -0.470 e. The number of hydrogen-bond donors (Lipinski definition) is 0. The van der Waals surface area contributed by atoms with Crippen molar-refractivity contribution in [1.82, 2.24) is 4.98 Å². The zero-order valence-corrected chi connectivity index (χ0v) is 20.4. The molecule has 0 amide bonds. The highest BCUT2D eigenvalue weighted by Crippen LogP contribution is 2.39. The van der Waals surface area contributed by atoms with Gasteiger partial charge in [0.2, 0.25) is 16.4 Å². The average molecular weight is 521 g/mol. The molecule has 0 saturated heterocycles. The fourth-order valence-corrected chi connectivity index (χ4v) is 3.94. The van der Waals surface area contributed by atoms with Crippen molar-refractivity contribution >= 4 is 48.9 Å². The second-order valence-corrected chi connectivity index (χ2v) is 9.10. The van der Waals surface area contributed by atoms with Gasteiger partial charge in [0.1, 0.15) is 11.9 Å². The molecule has 0 radical (unpaired) electrons. The normalized spacial score (nSPS) is 16.4. The highest BCUT2D eigenvalue weighted by Gasteiger charge is 2.50. The van der Waals surface area contributed by atoms with Crippen molar-refractivity contribution in [3.8, 4) is 17.0 Å². The van der Waals surface area contributed by atoms with Gasteiger partial charge in [-0.2, -0.15) is 13.2 Å². The number of rotatable bonds is 5. The van der Waals surface area contributed by atoms with E-state index in [0.29, 0.717) is 16.4 Å². The van der Waals surface area contributed by atoms with Crippen LogP contribution in [0, 0.1) is 5.82 Å². The third kappa shape index (κ3) is 5.94. The number of aromatic nitrogens is 1. The Labute approximate surface area is 199 Å². The lowest BCUT2D eigenvalue weighted by Crippen LogP contribution is -2.47. The summed E-state index contributed by atoms with van der Waals surface area (Å²) in [5.74, 6) is -1.56. The smallest absolute Gasteiger partial charge is 0.429 e. The van der Waals surface area contributed by atoms with Crippen LogP contribution in [0.1, 0.15) is 29.4 Å². The molecule has 3 atom stereocenters. The molecule has 0 N–H and O–H groups in total. The van der Waals surface area contributed by atoms with Crippen LogP contribution in [0.25, 0.3) is 11.1 Å². The highest BCUT2D eigenvalue weighted by molar-refractivity contribution is 8.22. The molecule has 1 aromatic carbocycles. The first-order valence-corrected chi connectivity index (χ1v) is 12.0. The van der Waals surface area contributed by atoms with Gasteiger partial charge in [0.25, 0.3) is 0 Å². The van der Waals surface area contributed by atoms with Crippen LogP contribution in [0.4, 0.5) is 17.6 Å². The van der Waals surface area contributed by atoms with Crippen LogP contribution in [0.15, 0.2) is 24.3 Å². The number of halogens is 4. The van der Waals surface area contributed by atoms with Gasteiger partial charge in [0.15, 0.2) is 5.69 Å². The van der Waals surface area contributed by atoms with Gasteiger partial charge in [-0.15, -0.1) is 9.24 Å². The molecule has 3 unspecified atom stereocenters. The lowest BCUT2D eigenvalue weighted by atomic mass is 9.92. The van der Waals surface area contributed by atoms with Gasteiger partial charge in [-0.1, -0.05) is 23.9 Å². The lowest BCUT2D eigenvalue weighted by molar-refractivity contribution is -0.221. The van der Waals surface area contributed by atoms with E-state index in [9.17, 15) is 22.4 Å². The van der Waals surface area contributed by atoms with E-state index in [1.54, 1.807) is 13.0 Å². The summed E-state index contributed by atoms with van der Waals surface area (Å²) in [7, 11) is 2.37. The number of fused-ring (bicyclic) bond motifs is 1. The summed E-state index contributed by atoms with van der Waals surface area (Å²) in [6.07, 6.45) is -7.03. The Morgan fingerprint density at radius 3 is 2.70 bits per heavy atom. The first-order valence-electron chi connectivity index (χ1n) is 9.79. The van der Waals surface area contributed by atoms with Gasteiger partial charge in [0.05, 0.1) is 6.61 Å². The number of hydrogen-bond acceptors (Lipinski definition) is 7. The molecule has 0 bridgehead atoms. The molecule has 0 fully saturated rings. The molecule has 1 aliphatic rings. The second-order valence-electron chi connectivity index (χ2n) is 7.03. The van der Waals surface area contributed by atoms with Crippen molar-refractivity contribution in [2.24, 2.45) is 0 Å². The van der Waals surface area contributed by atoms with Gasteiger partial charge in [-0.25, -0.2) is 14.2 Å². The topological polar surface area (TPSA) is 57.7 Å². The summed E-state index contributed by atoms with van der Waals surface area (Å²) in [5.41, 5.74) is 0.653. The van der Waals surface area contributed by atoms with Crippen molar-refractivity contribution < 1.29 is 36.6 Å². The number of thiocarbonyl (C=S) groups is 1. The Hall–Kier alpha value is -1.97. The summed E-state index contributed by atoms with van der Waals surface area (Å²) in [5, 5.41) is 0.607. The van der Waals surface area contributed by atoms with E-state index in [0.717, 1.165) is 11.8 Å². The molecule has 0 aliphatic carbocycles. The Kier molecular flexibility index (Phi) is 8.18. The molecule has 33 heavy (non-hydrogen) atoms. The standard InChI is InChI=1S/C21H20F4NO4PS2/c1-3-28-19(27)15-9-13(11-5-4-10(31)8-14(11)22)12-6-7-16(29-18(12)26-15)17(21(23,24)25)30-20(32)33-2/h4-5,8-9,16-17H,3,6-7,31H2,1-2H3.